The summed E-state index contributed by atoms with van der Waals surface area (Å²) in [7, 11) is 1.62. The molecular formula is C15H23N2O4+. The average Bonchev–Trinajstić information content (AvgIpc) is 2.33. The van der Waals surface area contributed by atoms with Gasteiger partial charge in [0.15, 0.2) is 5.69 Å². The molecule has 1 fully saturated rings. The van der Waals surface area contributed by atoms with Gasteiger partial charge in [0, 0.05) is 12.1 Å². The fourth-order valence-electron chi connectivity index (χ4n) is 1.94. The first-order valence-electron chi connectivity index (χ1n) is 6.98. The van der Waals surface area contributed by atoms with Gasteiger partial charge in [-0.3, -0.25) is 0 Å². The molecule has 2 N–H and O–H groups in total. The fourth-order valence-corrected chi connectivity index (χ4v) is 1.94. The highest BCUT2D eigenvalue weighted by molar-refractivity contribution is 5.69. The number of carbonyl (C=O) groups excluding carboxylic acids is 1. The van der Waals surface area contributed by atoms with Crippen LogP contribution in [-0.4, -0.2) is 42.9 Å². The molecular weight excluding hydrogens is 272 g/mol. The van der Waals surface area contributed by atoms with Gasteiger partial charge in [-0.25, -0.2) is 9.63 Å². The number of amides is 1. The first-order valence-corrected chi connectivity index (χ1v) is 6.98. The third-order valence-corrected chi connectivity index (χ3v) is 2.94. The third kappa shape index (κ3) is 4.61. The van der Waals surface area contributed by atoms with Gasteiger partial charge in [-0.15, -0.1) is 0 Å². The molecule has 116 valence electrons. The Labute approximate surface area is 124 Å². The highest BCUT2D eigenvalue weighted by atomic mass is 16.6. The summed E-state index contributed by atoms with van der Waals surface area (Å²) in [4.78, 5) is 18.4. The normalized spacial score (nSPS) is 15.5. The number of hydrogen-bond acceptors (Lipinski definition) is 4. The molecule has 0 spiro atoms. The van der Waals surface area contributed by atoms with Crippen LogP contribution in [0, 0.1) is 0 Å². The minimum atomic E-state index is -0.462. The number of nitrogens with zero attached hydrogens (tertiary/aromatic N) is 1. The predicted octanol–water partition coefficient (Wildman–Crippen LogP) is 1.44. The highest BCUT2D eigenvalue weighted by Gasteiger charge is 2.35. The predicted molar refractivity (Wildman–Crippen MR) is 77.3 cm³/mol. The van der Waals surface area contributed by atoms with Gasteiger partial charge >= 0.3 is 6.09 Å². The van der Waals surface area contributed by atoms with Gasteiger partial charge in [0.25, 0.3) is 0 Å². The van der Waals surface area contributed by atoms with Gasteiger partial charge in [0.1, 0.15) is 17.5 Å². The molecule has 0 aromatic heterocycles. The Kier molecular flexibility index (Phi) is 4.69. The van der Waals surface area contributed by atoms with Gasteiger partial charge in [-0.2, -0.15) is 5.48 Å². The van der Waals surface area contributed by atoms with Crippen molar-refractivity contribution in [2.24, 2.45) is 0 Å². The van der Waals surface area contributed by atoms with E-state index in [0.717, 1.165) is 11.4 Å². The van der Waals surface area contributed by atoms with Crippen LogP contribution in [-0.2, 0) is 9.57 Å². The molecule has 21 heavy (non-hydrogen) atoms. The van der Waals surface area contributed by atoms with Crippen LogP contribution in [0.2, 0.25) is 0 Å². The van der Waals surface area contributed by atoms with Crippen molar-refractivity contribution in [3.63, 3.8) is 0 Å². The molecule has 0 saturated carbocycles. The minimum absolute atomic E-state index is 0.0229. The van der Waals surface area contributed by atoms with E-state index in [-0.39, 0.29) is 12.2 Å². The molecule has 0 unspecified atom stereocenters. The first-order chi connectivity index (χ1) is 9.87. The van der Waals surface area contributed by atoms with Crippen molar-refractivity contribution in [1.82, 2.24) is 4.90 Å². The van der Waals surface area contributed by atoms with E-state index in [1.807, 2.05) is 45.0 Å². The minimum Gasteiger partial charge on any atom is -0.487 e. The van der Waals surface area contributed by atoms with Crippen molar-refractivity contribution in [2.45, 2.75) is 32.5 Å². The molecule has 6 heteroatoms. The lowest BCUT2D eigenvalue weighted by Gasteiger charge is -2.39. The van der Waals surface area contributed by atoms with E-state index in [2.05, 4.69) is 0 Å². The van der Waals surface area contributed by atoms with Crippen LogP contribution in [0.25, 0.3) is 0 Å². The standard InChI is InChI=1S/C15H22N2O4/c1-15(2,3)21-14(18)17-9-13(10-17)20-12-7-5-11(6-8-12)16-19-4/h5-8,13,16H,9-10H2,1-4H3/p+1. The maximum atomic E-state index is 11.8. The summed E-state index contributed by atoms with van der Waals surface area (Å²) >= 11 is 0. The zero-order valence-electron chi connectivity index (χ0n) is 13.0. The lowest BCUT2D eigenvalue weighted by molar-refractivity contribution is -0.830. The van der Waals surface area contributed by atoms with Gasteiger partial charge in [-0.05, 0) is 32.9 Å². The van der Waals surface area contributed by atoms with Crippen molar-refractivity contribution in [3.8, 4) is 5.75 Å². The van der Waals surface area contributed by atoms with E-state index in [4.69, 9.17) is 14.3 Å². The summed E-state index contributed by atoms with van der Waals surface area (Å²) < 4.78 is 11.1. The zero-order valence-corrected chi connectivity index (χ0v) is 13.0. The Balaban J connectivity index is 1.76. The quantitative estimate of drug-likeness (QED) is 0.674. The number of benzene rings is 1. The largest absolute Gasteiger partial charge is 0.487 e. The Hall–Kier alpha value is -1.79. The van der Waals surface area contributed by atoms with E-state index in [9.17, 15) is 4.79 Å². The molecule has 0 bridgehead atoms. The summed E-state index contributed by atoms with van der Waals surface area (Å²) in [6, 6.07) is 7.62. The lowest BCUT2D eigenvalue weighted by Crippen LogP contribution is -2.75. The van der Waals surface area contributed by atoms with Gasteiger partial charge in [0.05, 0.1) is 20.2 Å². The number of nitrogens with two attached hydrogens (primary N) is 1. The summed E-state index contributed by atoms with van der Waals surface area (Å²) in [5.41, 5.74) is 2.18. The van der Waals surface area contributed by atoms with Gasteiger partial charge < -0.3 is 14.4 Å². The topological polar surface area (TPSA) is 64.6 Å². The van der Waals surface area contributed by atoms with Gasteiger partial charge in [0.2, 0.25) is 0 Å². The fraction of sp³-hybridized carbons (Fsp3) is 0.533. The number of likely N-dealkylation sites (tertiary alicyclic amines) is 1. The van der Waals surface area contributed by atoms with Crippen LogP contribution in [0.4, 0.5) is 10.5 Å². The molecule has 6 nitrogen and oxygen atoms in total. The van der Waals surface area contributed by atoms with Crippen molar-refractivity contribution < 1.29 is 24.6 Å². The molecule has 1 aliphatic rings. The lowest BCUT2D eigenvalue weighted by atomic mass is 10.1. The monoisotopic (exact) mass is 295 g/mol. The second kappa shape index (κ2) is 6.32. The van der Waals surface area contributed by atoms with E-state index < -0.39 is 5.60 Å². The smallest absolute Gasteiger partial charge is 0.410 e. The Bertz CT molecular complexity index is 475. The second-order valence-electron chi connectivity index (χ2n) is 6.05. The highest BCUT2D eigenvalue weighted by Crippen LogP contribution is 2.21. The molecule has 1 amide bonds. The van der Waals surface area contributed by atoms with Crippen LogP contribution in [0.15, 0.2) is 24.3 Å². The van der Waals surface area contributed by atoms with Crippen LogP contribution < -0.4 is 10.2 Å². The maximum Gasteiger partial charge on any atom is 0.410 e. The SMILES string of the molecule is CO[NH2+]c1ccc(OC2CN(C(=O)OC(C)(C)C)C2)cc1. The van der Waals surface area contributed by atoms with Crippen molar-refractivity contribution >= 4 is 11.8 Å². The summed E-state index contributed by atoms with van der Waals surface area (Å²) in [5, 5.41) is 0. The second-order valence-corrected chi connectivity index (χ2v) is 6.05. The zero-order chi connectivity index (χ0) is 15.5. The van der Waals surface area contributed by atoms with E-state index in [1.165, 1.54) is 0 Å². The van der Waals surface area contributed by atoms with E-state index in [0.29, 0.717) is 13.1 Å². The number of ether oxygens (including phenoxy) is 2. The summed E-state index contributed by atoms with van der Waals surface area (Å²) in [6.07, 6.45) is -0.262. The van der Waals surface area contributed by atoms with Crippen LogP contribution >= 0.6 is 0 Å². The van der Waals surface area contributed by atoms with Gasteiger partial charge in [-0.1, -0.05) is 0 Å². The van der Waals surface area contributed by atoms with Crippen LogP contribution in [0.3, 0.4) is 0 Å². The Morgan fingerprint density at radius 3 is 2.38 bits per heavy atom. The number of hydrogen-bond donors (Lipinski definition) is 1. The molecule has 1 aromatic carbocycles. The number of rotatable bonds is 4. The first kappa shape index (κ1) is 15.6. The molecule has 1 aliphatic heterocycles. The molecule has 0 radical (unpaired) electrons. The molecule has 0 aliphatic carbocycles. The summed E-state index contributed by atoms with van der Waals surface area (Å²) in [6.45, 7) is 6.69. The molecule has 1 heterocycles. The molecule has 1 aromatic rings. The van der Waals surface area contributed by atoms with Crippen molar-refractivity contribution in [1.29, 1.82) is 0 Å². The number of carbonyl (C=O) groups is 1. The molecule has 1 saturated heterocycles. The van der Waals surface area contributed by atoms with Crippen LogP contribution in [0.5, 0.6) is 5.75 Å². The third-order valence-electron chi connectivity index (χ3n) is 2.94. The summed E-state index contributed by atoms with van der Waals surface area (Å²) in [5.74, 6) is 0.789. The molecule has 2 rings (SSSR count). The van der Waals surface area contributed by atoms with Crippen LogP contribution in [0.1, 0.15) is 20.8 Å². The Morgan fingerprint density at radius 2 is 1.86 bits per heavy atom. The van der Waals surface area contributed by atoms with E-state index in [1.54, 1.807) is 17.5 Å². The maximum absolute atomic E-state index is 11.8. The number of quaternary nitrogens is 1. The van der Waals surface area contributed by atoms with Crippen molar-refractivity contribution in [3.05, 3.63) is 24.3 Å². The van der Waals surface area contributed by atoms with E-state index >= 15 is 0 Å². The van der Waals surface area contributed by atoms with Crippen molar-refractivity contribution in [2.75, 3.05) is 20.2 Å². The molecule has 0 atom stereocenters. The Morgan fingerprint density at radius 1 is 1.24 bits per heavy atom. The average molecular weight is 295 g/mol.